The average molecular weight is 563 g/mol. The van der Waals surface area contributed by atoms with Crippen LogP contribution in [0.15, 0.2) is 71.2 Å². The number of halogens is 2. The van der Waals surface area contributed by atoms with Crippen LogP contribution >= 0.6 is 27.5 Å². The molecule has 2 N–H and O–H groups in total. The number of Topliss-reactive ketones (excluding diaryl/α,β-unsaturated/α-hetero) is 1. The highest BCUT2D eigenvalue weighted by Gasteiger charge is 2.81. The Hall–Kier alpha value is -3.00. The topological polar surface area (TPSA) is 78.5 Å². The summed E-state index contributed by atoms with van der Waals surface area (Å²) in [5.41, 5.74) is 0.268. The second-order valence-corrected chi connectivity index (χ2v) is 11.3. The van der Waals surface area contributed by atoms with Gasteiger partial charge in [0.25, 0.3) is 5.91 Å². The van der Waals surface area contributed by atoms with Gasteiger partial charge < -0.3 is 10.6 Å². The van der Waals surface area contributed by atoms with Crippen LogP contribution in [0.2, 0.25) is 5.02 Å². The van der Waals surface area contributed by atoms with Gasteiger partial charge in [-0.3, -0.25) is 19.3 Å². The van der Waals surface area contributed by atoms with Crippen LogP contribution in [0.5, 0.6) is 0 Å². The Morgan fingerprint density at radius 3 is 2.47 bits per heavy atom. The first-order valence-corrected chi connectivity index (χ1v) is 13.2. The average Bonchev–Trinajstić information content (AvgIpc) is 3.58. The number of ketones is 1. The molecule has 0 radical (unpaired) electrons. The van der Waals surface area contributed by atoms with Crippen molar-refractivity contribution >= 4 is 56.5 Å². The van der Waals surface area contributed by atoms with Gasteiger partial charge in [0.05, 0.1) is 5.92 Å². The van der Waals surface area contributed by atoms with Gasteiger partial charge in [0, 0.05) is 38.0 Å². The van der Waals surface area contributed by atoms with Gasteiger partial charge in [-0.15, -0.1) is 0 Å². The molecule has 6 nitrogen and oxygen atoms in total. The number of para-hydroxylation sites is 1. The second kappa shape index (κ2) is 7.51. The monoisotopic (exact) mass is 561 g/mol. The molecule has 3 aromatic carbocycles. The molecule has 4 aliphatic rings. The number of nitrogens with one attached hydrogen (secondary N) is 2. The molecular weight excluding hydrogens is 542 g/mol. The van der Waals surface area contributed by atoms with E-state index in [0.717, 1.165) is 17.3 Å². The molecule has 2 saturated heterocycles. The van der Waals surface area contributed by atoms with E-state index in [1.54, 1.807) is 30.3 Å². The molecule has 7 rings (SSSR count). The molecule has 36 heavy (non-hydrogen) atoms. The van der Waals surface area contributed by atoms with Crippen molar-refractivity contribution in [3.8, 4) is 0 Å². The van der Waals surface area contributed by atoms with Crippen LogP contribution in [0.3, 0.4) is 0 Å². The number of hydrogen-bond donors (Lipinski definition) is 2. The third-order valence-electron chi connectivity index (χ3n) is 8.47. The molecule has 2 amide bonds. The normalized spacial score (nSPS) is 29.8. The highest BCUT2D eigenvalue weighted by molar-refractivity contribution is 9.10. The van der Waals surface area contributed by atoms with E-state index in [1.807, 2.05) is 36.4 Å². The van der Waals surface area contributed by atoms with Gasteiger partial charge in [0.2, 0.25) is 5.91 Å². The Bertz CT molecular complexity index is 1490. The molecule has 3 aromatic rings. The summed E-state index contributed by atoms with van der Waals surface area (Å²) in [6.45, 7) is 0.603. The Morgan fingerprint density at radius 2 is 1.67 bits per heavy atom. The molecule has 4 atom stereocenters. The summed E-state index contributed by atoms with van der Waals surface area (Å²) in [5.74, 6) is -1.51. The van der Waals surface area contributed by atoms with Crippen molar-refractivity contribution in [2.75, 3.05) is 17.2 Å². The zero-order chi connectivity index (χ0) is 24.8. The second-order valence-electron chi connectivity index (χ2n) is 9.91. The highest BCUT2D eigenvalue weighted by Crippen LogP contribution is 2.68. The summed E-state index contributed by atoms with van der Waals surface area (Å²) in [6.07, 6.45) is 1.55. The summed E-state index contributed by atoms with van der Waals surface area (Å²) in [4.78, 5) is 45.2. The number of benzene rings is 3. The third kappa shape index (κ3) is 2.48. The maximum absolute atomic E-state index is 14.5. The molecule has 0 bridgehead atoms. The van der Waals surface area contributed by atoms with Crippen molar-refractivity contribution in [1.29, 1.82) is 0 Å². The summed E-state index contributed by atoms with van der Waals surface area (Å²) < 4.78 is 0.863. The van der Waals surface area contributed by atoms with Gasteiger partial charge in [0.15, 0.2) is 5.78 Å². The van der Waals surface area contributed by atoms with Crippen LogP contribution in [-0.4, -0.2) is 35.1 Å². The predicted octanol–water partition coefficient (Wildman–Crippen LogP) is 5.12. The Balaban J connectivity index is 1.59. The summed E-state index contributed by atoms with van der Waals surface area (Å²) in [7, 11) is 0. The van der Waals surface area contributed by atoms with E-state index in [9.17, 15) is 14.4 Å². The lowest BCUT2D eigenvalue weighted by Crippen LogP contribution is -2.62. The molecule has 4 aliphatic heterocycles. The first-order chi connectivity index (χ1) is 17.4. The zero-order valence-electron chi connectivity index (χ0n) is 19.1. The van der Waals surface area contributed by atoms with Gasteiger partial charge in [-0.2, -0.15) is 0 Å². The first kappa shape index (κ1) is 22.2. The molecule has 180 valence electrons. The van der Waals surface area contributed by atoms with Crippen molar-refractivity contribution in [2.24, 2.45) is 5.92 Å². The molecule has 0 aliphatic carbocycles. The number of carbonyl (C=O) groups is 3. The van der Waals surface area contributed by atoms with Crippen LogP contribution in [0.4, 0.5) is 11.4 Å². The lowest BCUT2D eigenvalue weighted by molar-refractivity contribution is -0.137. The third-order valence-corrected chi connectivity index (χ3v) is 9.23. The predicted molar refractivity (Wildman–Crippen MR) is 140 cm³/mol. The minimum atomic E-state index is -1.46. The number of anilines is 2. The number of carbonyl (C=O) groups excluding carboxylic acids is 3. The van der Waals surface area contributed by atoms with Crippen molar-refractivity contribution < 1.29 is 14.4 Å². The SMILES string of the molecule is O=C(c1ccc(Br)cc1)C1C2CCCN2C2(C(=O)Nc3ccc(Cl)cc32)C12C(=O)Nc1ccccc12. The minimum absolute atomic E-state index is 0.133. The number of nitrogens with zero attached hydrogens (tertiary/aromatic N) is 1. The smallest absolute Gasteiger partial charge is 0.251 e. The fourth-order valence-corrected chi connectivity index (χ4v) is 7.78. The summed E-state index contributed by atoms with van der Waals surface area (Å²) in [6, 6.07) is 19.7. The van der Waals surface area contributed by atoms with E-state index in [2.05, 4.69) is 31.5 Å². The zero-order valence-corrected chi connectivity index (χ0v) is 21.4. The number of hydrogen-bond acceptors (Lipinski definition) is 4. The van der Waals surface area contributed by atoms with Crippen LogP contribution in [0, 0.1) is 5.92 Å². The highest BCUT2D eigenvalue weighted by atomic mass is 79.9. The van der Waals surface area contributed by atoms with Crippen molar-refractivity contribution in [3.05, 3.63) is 92.9 Å². The van der Waals surface area contributed by atoms with E-state index in [0.29, 0.717) is 39.6 Å². The van der Waals surface area contributed by atoms with E-state index in [4.69, 9.17) is 11.6 Å². The van der Waals surface area contributed by atoms with Gasteiger partial charge >= 0.3 is 0 Å². The lowest BCUT2D eigenvalue weighted by Gasteiger charge is -2.43. The maximum atomic E-state index is 14.5. The number of rotatable bonds is 2. The molecule has 4 heterocycles. The summed E-state index contributed by atoms with van der Waals surface area (Å²) >= 11 is 9.93. The summed E-state index contributed by atoms with van der Waals surface area (Å²) in [5, 5.41) is 6.56. The van der Waals surface area contributed by atoms with Gasteiger partial charge in [-0.25, -0.2) is 0 Å². The number of amides is 2. The van der Waals surface area contributed by atoms with E-state index in [-0.39, 0.29) is 23.6 Å². The molecular formula is C28H21BrClN3O3. The Kier molecular flexibility index (Phi) is 4.63. The Labute approximate surface area is 221 Å². The Morgan fingerprint density at radius 1 is 0.944 bits per heavy atom. The van der Waals surface area contributed by atoms with Gasteiger partial charge in [0.1, 0.15) is 11.0 Å². The minimum Gasteiger partial charge on any atom is -0.325 e. The van der Waals surface area contributed by atoms with Crippen molar-refractivity contribution in [2.45, 2.75) is 29.8 Å². The van der Waals surface area contributed by atoms with Gasteiger partial charge in [-0.05, 0) is 61.3 Å². The fourth-order valence-electron chi connectivity index (χ4n) is 7.34. The standard InChI is InChI=1S/C28H21BrClN3O3/c29-16-9-7-15(8-10-16)24(34)23-22-6-3-13-33(22)28(19-14-17(30)11-12-21(19)32-26(28)36)27(23)18-4-1-2-5-20(18)31-25(27)35/h1-2,4-5,7-12,14,22-23H,3,6,13H2,(H,31,35)(H,32,36). The molecule has 2 fully saturated rings. The fraction of sp³-hybridized carbons (Fsp3) is 0.250. The molecule has 4 unspecified atom stereocenters. The van der Waals surface area contributed by atoms with Crippen LogP contribution < -0.4 is 10.6 Å². The maximum Gasteiger partial charge on any atom is 0.251 e. The molecule has 0 saturated carbocycles. The first-order valence-electron chi connectivity index (χ1n) is 12.0. The molecule has 8 heteroatoms. The number of fused-ring (bicyclic) bond motifs is 7. The molecule has 2 spiro atoms. The van der Waals surface area contributed by atoms with Crippen LogP contribution in [0.25, 0.3) is 0 Å². The quantitative estimate of drug-likeness (QED) is 0.425. The lowest BCUT2D eigenvalue weighted by atomic mass is 9.57. The van der Waals surface area contributed by atoms with Gasteiger partial charge in [-0.1, -0.05) is 57.9 Å². The van der Waals surface area contributed by atoms with Crippen molar-refractivity contribution in [3.63, 3.8) is 0 Å². The van der Waals surface area contributed by atoms with Crippen LogP contribution in [-0.2, 0) is 20.5 Å². The van der Waals surface area contributed by atoms with Crippen LogP contribution in [0.1, 0.15) is 34.3 Å². The largest absolute Gasteiger partial charge is 0.325 e. The van der Waals surface area contributed by atoms with E-state index >= 15 is 0 Å². The van der Waals surface area contributed by atoms with Crippen molar-refractivity contribution in [1.82, 2.24) is 4.90 Å². The van der Waals surface area contributed by atoms with E-state index < -0.39 is 16.9 Å². The van der Waals surface area contributed by atoms with E-state index in [1.165, 1.54) is 0 Å². The molecule has 0 aromatic heterocycles.